The van der Waals surface area contributed by atoms with Crippen LogP contribution in [0.3, 0.4) is 0 Å². The van der Waals surface area contributed by atoms with Crippen molar-refractivity contribution in [3.05, 3.63) is 58.5 Å². The fourth-order valence-corrected chi connectivity index (χ4v) is 3.38. The second-order valence-corrected chi connectivity index (χ2v) is 7.72. The first-order valence-electron chi connectivity index (χ1n) is 9.91. The molecule has 0 bridgehead atoms. The number of furan rings is 1. The van der Waals surface area contributed by atoms with Crippen molar-refractivity contribution in [3.8, 4) is 0 Å². The Morgan fingerprint density at radius 3 is 2.42 bits per heavy atom. The highest BCUT2D eigenvalue weighted by molar-refractivity contribution is 6.30. The van der Waals surface area contributed by atoms with Crippen LogP contribution in [0.25, 0.3) is 0 Å². The molecule has 2 amide bonds. The summed E-state index contributed by atoms with van der Waals surface area (Å²) in [4.78, 5) is 49.7. The van der Waals surface area contributed by atoms with E-state index in [4.69, 9.17) is 20.8 Å². The van der Waals surface area contributed by atoms with E-state index in [1.165, 1.54) is 13.0 Å². The molecule has 0 atom stereocenters. The zero-order chi connectivity index (χ0) is 22.4. The normalized spacial score (nSPS) is 14.2. The molecule has 1 N–H and O–H groups in total. The lowest BCUT2D eigenvalue weighted by atomic mass is 9.96. The van der Waals surface area contributed by atoms with Gasteiger partial charge in [-0.05, 0) is 49.2 Å². The van der Waals surface area contributed by atoms with Crippen molar-refractivity contribution in [1.29, 1.82) is 0 Å². The Kier molecular flexibility index (Phi) is 7.46. The van der Waals surface area contributed by atoms with E-state index in [2.05, 4.69) is 5.32 Å². The number of likely N-dealkylation sites (tertiary alicyclic amines) is 1. The molecule has 8 nitrogen and oxygen atoms in total. The van der Waals surface area contributed by atoms with Gasteiger partial charge in [-0.2, -0.15) is 0 Å². The second kappa shape index (κ2) is 10.3. The number of hydrogen-bond donors (Lipinski definition) is 1. The number of hydrogen-bond acceptors (Lipinski definition) is 6. The summed E-state index contributed by atoms with van der Waals surface area (Å²) >= 11 is 5.85. The van der Waals surface area contributed by atoms with Crippen molar-refractivity contribution in [1.82, 2.24) is 10.2 Å². The number of ketones is 1. The Hall–Kier alpha value is -3.13. The number of carbonyl (C=O) groups is 4. The van der Waals surface area contributed by atoms with E-state index < -0.39 is 18.4 Å². The molecule has 0 spiro atoms. The van der Waals surface area contributed by atoms with Gasteiger partial charge in [0.1, 0.15) is 5.76 Å². The van der Waals surface area contributed by atoms with Gasteiger partial charge in [0.25, 0.3) is 5.91 Å². The number of ether oxygens (including phenoxy) is 1. The number of carbonyl (C=O) groups excluding carboxylic acids is 4. The predicted octanol–water partition coefficient (Wildman–Crippen LogP) is 2.85. The van der Waals surface area contributed by atoms with Crippen LogP contribution in [0, 0.1) is 5.92 Å². The number of nitrogens with zero attached hydrogens (tertiary/aromatic N) is 1. The third-order valence-corrected chi connectivity index (χ3v) is 5.25. The molecule has 1 aromatic heterocycles. The van der Waals surface area contributed by atoms with Crippen LogP contribution in [0.2, 0.25) is 5.02 Å². The minimum Gasteiger partial charge on any atom is -0.457 e. The fourth-order valence-electron chi connectivity index (χ4n) is 3.25. The first-order valence-corrected chi connectivity index (χ1v) is 10.3. The second-order valence-electron chi connectivity index (χ2n) is 7.28. The van der Waals surface area contributed by atoms with Gasteiger partial charge >= 0.3 is 5.97 Å². The summed E-state index contributed by atoms with van der Waals surface area (Å²) in [5.74, 6) is -1.10. The van der Waals surface area contributed by atoms with Gasteiger partial charge in [-0.15, -0.1) is 0 Å². The molecule has 1 aromatic carbocycles. The molecule has 1 aliphatic heterocycles. The zero-order valence-corrected chi connectivity index (χ0v) is 17.8. The van der Waals surface area contributed by atoms with Gasteiger partial charge in [0.2, 0.25) is 11.7 Å². The lowest BCUT2D eigenvalue weighted by Gasteiger charge is -2.31. The van der Waals surface area contributed by atoms with E-state index in [0.29, 0.717) is 42.3 Å². The molecule has 3 rings (SSSR count). The first kappa shape index (κ1) is 22.6. The molecule has 31 heavy (non-hydrogen) atoms. The van der Waals surface area contributed by atoms with Crippen molar-refractivity contribution < 1.29 is 28.3 Å². The molecule has 1 saturated heterocycles. The van der Waals surface area contributed by atoms with Gasteiger partial charge in [0.05, 0.1) is 12.5 Å². The van der Waals surface area contributed by atoms with Crippen molar-refractivity contribution in [2.75, 3.05) is 19.7 Å². The highest BCUT2D eigenvalue weighted by Crippen LogP contribution is 2.21. The SMILES string of the molecule is CC(=O)NCc1ccc(C(=O)COC(=O)C2CCN(C(=O)c3ccc(Cl)cc3)CC2)o1. The minimum absolute atomic E-state index is 0.0662. The molecule has 9 heteroatoms. The maximum Gasteiger partial charge on any atom is 0.309 e. The summed E-state index contributed by atoms with van der Waals surface area (Å²) in [6.45, 7) is 2.00. The monoisotopic (exact) mass is 446 g/mol. The molecular weight excluding hydrogens is 424 g/mol. The molecule has 0 radical (unpaired) electrons. The lowest BCUT2D eigenvalue weighted by Crippen LogP contribution is -2.40. The predicted molar refractivity (Wildman–Crippen MR) is 112 cm³/mol. The van der Waals surface area contributed by atoms with Gasteiger partial charge < -0.3 is 19.4 Å². The average Bonchev–Trinajstić information content (AvgIpc) is 3.25. The molecule has 0 unspecified atom stereocenters. The number of halogens is 1. The van der Waals surface area contributed by atoms with Gasteiger partial charge in [-0.1, -0.05) is 11.6 Å². The maximum atomic E-state index is 12.5. The van der Waals surface area contributed by atoms with Gasteiger partial charge in [-0.25, -0.2) is 0 Å². The molecule has 0 aliphatic carbocycles. The standard InChI is InChI=1S/C22H23ClN2O6/c1-14(26)24-12-18-6-7-20(31-18)19(27)13-30-22(29)16-8-10-25(11-9-16)21(28)15-2-4-17(23)5-3-15/h2-7,16H,8-13H2,1H3,(H,24,26). The fraction of sp³-hybridized carbons (Fsp3) is 0.364. The van der Waals surface area contributed by atoms with Crippen LogP contribution in [0.4, 0.5) is 0 Å². The third kappa shape index (κ3) is 6.18. The Bertz CT molecular complexity index is 961. The summed E-state index contributed by atoms with van der Waals surface area (Å²) in [6.07, 6.45) is 0.932. The van der Waals surface area contributed by atoms with E-state index in [1.807, 2.05) is 0 Å². The number of nitrogens with one attached hydrogen (secondary N) is 1. The molecule has 164 valence electrons. The average molecular weight is 447 g/mol. The number of piperidine rings is 1. The van der Waals surface area contributed by atoms with E-state index in [0.717, 1.165) is 0 Å². The molecule has 2 heterocycles. The minimum atomic E-state index is -0.461. The van der Waals surface area contributed by atoms with Gasteiger partial charge in [-0.3, -0.25) is 19.2 Å². The summed E-state index contributed by atoms with van der Waals surface area (Å²) in [7, 11) is 0. The van der Waals surface area contributed by atoms with E-state index in [9.17, 15) is 19.2 Å². The number of Topliss-reactive ketones (excluding diaryl/α,β-unsaturated/α-hetero) is 1. The van der Waals surface area contributed by atoms with Crippen LogP contribution < -0.4 is 5.32 Å². The lowest BCUT2D eigenvalue weighted by molar-refractivity contribution is -0.148. The number of esters is 1. The van der Waals surface area contributed by atoms with E-state index in [-0.39, 0.29) is 30.0 Å². The number of benzene rings is 1. The molecule has 0 saturated carbocycles. The van der Waals surface area contributed by atoms with Crippen LogP contribution >= 0.6 is 11.6 Å². The van der Waals surface area contributed by atoms with Crippen molar-refractivity contribution in [3.63, 3.8) is 0 Å². The summed E-state index contributed by atoms with van der Waals surface area (Å²) in [5, 5.41) is 3.13. The molecule has 1 aliphatic rings. The van der Waals surface area contributed by atoms with Crippen LogP contribution in [0.15, 0.2) is 40.8 Å². The smallest absolute Gasteiger partial charge is 0.309 e. The third-order valence-electron chi connectivity index (χ3n) is 5.00. The summed E-state index contributed by atoms with van der Waals surface area (Å²) in [6, 6.07) is 9.74. The Labute approximate surface area is 184 Å². The van der Waals surface area contributed by atoms with Crippen LogP contribution in [0.1, 0.15) is 46.4 Å². The topological polar surface area (TPSA) is 106 Å². The van der Waals surface area contributed by atoms with Crippen molar-refractivity contribution in [2.45, 2.75) is 26.3 Å². The Morgan fingerprint density at radius 1 is 1.10 bits per heavy atom. The Balaban J connectivity index is 1.43. The summed E-state index contributed by atoms with van der Waals surface area (Å²) < 4.78 is 10.5. The van der Waals surface area contributed by atoms with E-state index in [1.54, 1.807) is 35.2 Å². The number of rotatable bonds is 7. The highest BCUT2D eigenvalue weighted by Gasteiger charge is 2.29. The van der Waals surface area contributed by atoms with Crippen LogP contribution in [-0.2, 0) is 20.9 Å². The van der Waals surface area contributed by atoms with Gasteiger partial charge in [0, 0.05) is 30.6 Å². The van der Waals surface area contributed by atoms with Gasteiger partial charge in [0.15, 0.2) is 12.4 Å². The highest BCUT2D eigenvalue weighted by atomic mass is 35.5. The first-order chi connectivity index (χ1) is 14.8. The summed E-state index contributed by atoms with van der Waals surface area (Å²) in [5.41, 5.74) is 0.548. The maximum absolute atomic E-state index is 12.5. The van der Waals surface area contributed by atoms with E-state index >= 15 is 0 Å². The molecule has 2 aromatic rings. The largest absolute Gasteiger partial charge is 0.457 e. The van der Waals surface area contributed by atoms with Crippen LogP contribution in [0.5, 0.6) is 0 Å². The van der Waals surface area contributed by atoms with Crippen molar-refractivity contribution >= 4 is 35.2 Å². The van der Waals surface area contributed by atoms with Crippen LogP contribution in [-0.4, -0.2) is 48.2 Å². The molecular formula is C22H23ClN2O6. The number of amides is 2. The Morgan fingerprint density at radius 2 is 1.77 bits per heavy atom. The van der Waals surface area contributed by atoms with Crippen molar-refractivity contribution in [2.24, 2.45) is 5.92 Å². The quantitative estimate of drug-likeness (QED) is 0.517. The molecule has 1 fully saturated rings. The zero-order valence-electron chi connectivity index (χ0n) is 17.1.